The first kappa shape index (κ1) is 23.0. The van der Waals surface area contributed by atoms with E-state index >= 15 is 0 Å². The van der Waals surface area contributed by atoms with Gasteiger partial charge in [0.25, 0.3) is 5.91 Å². The number of aromatic amines is 1. The number of carbonyl (C=O) groups excluding carboxylic acids is 1. The molecule has 0 bridgehead atoms. The Morgan fingerprint density at radius 3 is 2.83 bits per heavy atom. The minimum Gasteiger partial charge on any atom is -0.369 e. The Morgan fingerprint density at radius 1 is 1.23 bits per heavy atom. The number of benzene rings is 1. The fourth-order valence-electron chi connectivity index (χ4n) is 4.24. The Morgan fingerprint density at radius 2 is 2.03 bits per heavy atom. The van der Waals surface area contributed by atoms with Crippen molar-refractivity contribution in [3.8, 4) is 0 Å². The molecule has 3 N–H and O–H groups in total. The van der Waals surface area contributed by atoms with E-state index in [1.807, 2.05) is 24.3 Å². The van der Waals surface area contributed by atoms with Crippen LogP contribution in [0.2, 0.25) is 0 Å². The Kier molecular flexibility index (Phi) is 7.42. The zero-order valence-electron chi connectivity index (χ0n) is 16.5. The Bertz CT molecular complexity index is 981. The molecule has 3 aromatic rings. The summed E-state index contributed by atoms with van der Waals surface area (Å²) in [5.74, 6) is 0.897. The summed E-state index contributed by atoms with van der Waals surface area (Å²) < 4.78 is 6.22. The molecule has 2 aliphatic heterocycles. The van der Waals surface area contributed by atoms with Gasteiger partial charge in [0.2, 0.25) is 0 Å². The number of aromatic nitrogens is 2. The highest BCUT2D eigenvalue weighted by atomic mass is 35.5. The molecule has 5 rings (SSSR count). The van der Waals surface area contributed by atoms with Gasteiger partial charge >= 0.3 is 0 Å². The molecule has 1 saturated heterocycles. The molecule has 1 amide bonds. The molecule has 9 heteroatoms. The first-order valence-electron chi connectivity index (χ1n) is 9.93. The molecule has 0 unspecified atom stereocenters. The molecule has 162 valence electrons. The highest BCUT2D eigenvalue weighted by Gasteiger charge is 2.41. The van der Waals surface area contributed by atoms with Gasteiger partial charge in [0.05, 0.1) is 22.5 Å². The number of halogens is 2. The number of hydrogen-bond donors (Lipinski definition) is 3. The smallest absolute Gasteiger partial charge is 0.261 e. The Hall–Kier alpha value is -1.64. The summed E-state index contributed by atoms with van der Waals surface area (Å²) in [5.41, 5.74) is 3.10. The lowest BCUT2D eigenvalue weighted by molar-refractivity contribution is -0.0771. The largest absolute Gasteiger partial charge is 0.369 e. The standard InChI is InChI=1S/C21H24N4O2S.2ClH/c26-20(23-9-5-18-24-15-3-1-2-4-16(15)25-18)17-13-14-6-12-27-21(19(14)28-17)7-10-22-11-8-21;;/h1-4,13,22H,5-12H2,(H,23,26)(H,24,25);2*1H. The van der Waals surface area contributed by atoms with Crippen LogP contribution in [0.4, 0.5) is 0 Å². The summed E-state index contributed by atoms with van der Waals surface area (Å²) >= 11 is 1.61. The van der Waals surface area contributed by atoms with Gasteiger partial charge in [-0.1, -0.05) is 12.1 Å². The van der Waals surface area contributed by atoms with E-state index in [1.165, 1.54) is 10.4 Å². The van der Waals surface area contributed by atoms with Crippen molar-refractivity contribution in [2.45, 2.75) is 31.3 Å². The molecule has 0 radical (unpaired) electrons. The van der Waals surface area contributed by atoms with E-state index in [2.05, 4.69) is 26.7 Å². The molecule has 1 aromatic carbocycles. The number of rotatable bonds is 4. The third-order valence-electron chi connectivity index (χ3n) is 5.69. The number of piperidine rings is 1. The third-order valence-corrected chi connectivity index (χ3v) is 7.05. The van der Waals surface area contributed by atoms with Crippen LogP contribution >= 0.6 is 36.2 Å². The zero-order chi connectivity index (χ0) is 19.0. The molecule has 0 aliphatic carbocycles. The SMILES string of the molecule is Cl.Cl.O=C(NCCc1nc2ccccc2[nH]1)c1cc2c(s1)C1(CCNCC1)OCC2. The summed E-state index contributed by atoms with van der Waals surface area (Å²) in [6, 6.07) is 10.0. The molecule has 4 heterocycles. The van der Waals surface area contributed by atoms with Gasteiger partial charge in [-0.05, 0) is 56.1 Å². The normalized spacial score (nSPS) is 17.1. The molecule has 2 aliphatic rings. The predicted octanol–water partition coefficient (Wildman–Crippen LogP) is 3.59. The number of H-pyrrole nitrogens is 1. The van der Waals surface area contributed by atoms with Crippen molar-refractivity contribution >= 4 is 53.1 Å². The van der Waals surface area contributed by atoms with Gasteiger partial charge in [-0.3, -0.25) is 4.79 Å². The second-order valence-electron chi connectivity index (χ2n) is 7.51. The zero-order valence-corrected chi connectivity index (χ0v) is 19.0. The van der Waals surface area contributed by atoms with E-state index < -0.39 is 0 Å². The lowest BCUT2D eigenvalue weighted by Crippen LogP contribution is -2.43. The molecule has 30 heavy (non-hydrogen) atoms. The van der Waals surface area contributed by atoms with Gasteiger partial charge in [0, 0.05) is 17.8 Å². The minimum atomic E-state index is -0.184. The average Bonchev–Trinajstić information content (AvgIpc) is 3.33. The van der Waals surface area contributed by atoms with E-state index in [0.29, 0.717) is 13.0 Å². The lowest BCUT2D eigenvalue weighted by Gasteiger charge is -2.40. The van der Waals surface area contributed by atoms with Crippen molar-refractivity contribution in [3.63, 3.8) is 0 Å². The monoisotopic (exact) mass is 468 g/mol. The van der Waals surface area contributed by atoms with Crippen molar-refractivity contribution in [2.24, 2.45) is 0 Å². The van der Waals surface area contributed by atoms with Crippen LogP contribution in [0, 0.1) is 0 Å². The third kappa shape index (κ3) is 4.36. The number of nitrogens with one attached hydrogen (secondary N) is 3. The van der Waals surface area contributed by atoms with Crippen LogP contribution in [0.5, 0.6) is 0 Å². The molecule has 0 atom stereocenters. The molecular weight excluding hydrogens is 443 g/mol. The first-order chi connectivity index (χ1) is 13.7. The summed E-state index contributed by atoms with van der Waals surface area (Å²) in [5, 5.41) is 6.46. The molecule has 6 nitrogen and oxygen atoms in total. The van der Waals surface area contributed by atoms with Crippen LogP contribution in [0.3, 0.4) is 0 Å². The van der Waals surface area contributed by atoms with E-state index in [1.54, 1.807) is 11.3 Å². The minimum absolute atomic E-state index is 0. The van der Waals surface area contributed by atoms with Crippen LogP contribution < -0.4 is 10.6 Å². The number of nitrogens with zero attached hydrogens (tertiary/aromatic N) is 1. The number of ether oxygens (including phenoxy) is 1. The quantitative estimate of drug-likeness (QED) is 0.546. The van der Waals surface area contributed by atoms with Gasteiger partial charge in [-0.15, -0.1) is 36.2 Å². The summed E-state index contributed by atoms with van der Waals surface area (Å²) in [6.45, 7) is 3.25. The highest BCUT2D eigenvalue weighted by Crippen LogP contribution is 2.44. The van der Waals surface area contributed by atoms with Crippen molar-refractivity contribution in [2.75, 3.05) is 26.2 Å². The first-order valence-corrected chi connectivity index (χ1v) is 10.7. The number of thiophene rings is 1. The van der Waals surface area contributed by atoms with E-state index in [4.69, 9.17) is 4.74 Å². The lowest BCUT2D eigenvalue weighted by atomic mass is 9.86. The van der Waals surface area contributed by atoms with Gasteiger partial charge in [-0.25, -0.2) is 4.98 Å². The van der Waals surface area contributed by atoms with Crippen molar-refractivity contribution in [3.05, 3.63) is 51.5 Å². The number of amides is 1. The number of carbonyl (C=O) groups is 1. The maximum atomic E-state index is 12.7. The van der Waals surface area contributed by atoms with E-state index in [9.17, 15) is 4.79 Å². The fraction of sp³-hybridized carbons (Fsp3) is 0.429. The number of fused-ring (bicyclic) bond motifs is 3. The van der Waals surface area contributed by atoms with Crippen molar-refractivity contribution in [1.29, 1.82) is 0 Å². The average molecular weight is 469 g/mol. The second-order valence-corrected chi connectivity index (χ2v) is 8.57. The highest BCUT2D eigenvalue weighted by molar-refractivity contribution is 7.14. The fourth-order valence-corrected chi connectivity index (χ4v) is 5.57. The van der Waals surface area contributed by atoms with Gasteiger partial charge in [0.1, 0.15) is 11.4 Å². The van der Waals surface area contributed by atoms with Gasteiger partial charge in [-0.2, -0.15) is 0 Å². The van der Waals surface area contributed by atoms with E-state index in [-0.39, 0.29) is 36.3 Å². The number of imidazole rings is 1. The van der Waals surface area contributed by atoms with Crippen molar-refractivity contribution < 1.29 is 9.53 Å². The van der Waals surface area contributed by atoms with Crippen LogP contribution in [0.25, 0.3) is 11.0 Å². The van der Waals surface area contributed by atoms with E-state index in [0.717, 1.165) is 60.7 Å². The summed E-state index contributed by atoms with van der Waals surface area (Å²) in [6.07, 6.45) is 3.54. The van der Waals surface area contributed by atoms with Crippen LogP contribution in [-0.2, 0) is 23.2 Å². The summed E-state index contributed by atoms with van der Waals surface area (Å²) in [4.78, 5) is 22.6. The maximum absolute atomic E-state index is 12.7. The molecule has 2 aromatic heterocycles. The van der Waals surface area contributed by atoms with Crippen LogP contribution in [0.1, 0.15) is 38.8 Å². The topological polar surface area (TPSA) is 79.0 Å². The number of hydrogen-bond acceptors (Lipinski definition) is 5. The molecule has 0 saturated carbocycles. The van der Waals surface area contributed by atoms with Crippen LogP contribution in [-0.4, -0.2) is 42.1 Å². The number of para-hydroxylation sites is 2. The van der Waals surface area contributed by atoms with Gasteiger partial charge < -0.3 is 20.4 Å². The van der Waals surface area contributed by atoms with Crippen LogP contribution in [0.15, 0.2) is 30.3 Å². The van der Waals surface area contributed by atoms with Crippen molar-refractivity contribution in [1.82, 2.24) is 20.6 Å². The molecule has 1 fully saturated rings. The molecular formula is C21H26Cl2N4O2S. The maximum Gasteiger partial charge on any atom is 0.261 e. The van der Waals surface area contributed by atoms with Gasteiger partial charge in [0.15, 0.2) is 0 Å². The Labute approximate surface area is 192 Å². The molecule has 1 spiro atoms. The summed E-state index contributed by atoms with van der Waals surface area (Å²) in [7, 11) is 0. The second kappa shape index (κ2) is 9.66. The predicted molar refractivity (Wildman–Crippen MR) is 124 cm³/mol. The Balaban J connectivity index is 0.00000128.